The molecule has 0 saturated carbocycles. The molecule has 0 aliphatic carbocycles. The van der Waals surface area contributed by atoms with Crippen molar-refractivity contribution in [2.45, 2.75) is 26.3 Å². The molecule has 1 aromatic rings. The first-order chi connectivity index (χ1) is 14.6. The fourth-order valence-electron chi connectivity index (χ4n) is 4.43. The van der Waals surface area contributed by atoms with Crippen molar-refractivity contribution >= 4 is 11.5 Å². The maximum atomic E-state index is 13.3. The number of rotatable bonds is 2. The van der Waals surface area contributed by atoms with Gasteiger partial charge >= 0.3 is 0 Å². The molecule has 6 nitrogen and oxygen atoms in total. The molecule has 1 fully saturated rings. The normalized spacial score (nSPS) is 25.8. The van der Waals surface area contributed by atoms with Crippen LogP contribution in [0.5, 0.6) is 11.5 Å². The Labute approximate surface area is 177 Å². The Balaban J connectivity index is 1.45. The van der Waals surface area contributed by atoms with Crippen molar-refractivity contribution in [3.8, 4) is 11.5 Å². The molecule has 4 heterocycles. The van der Waals surface area contributed by atoms with Crippen LogP contribution >= 0.6 is 0 Å². The van der Waals surface area contributed by atoms with Gasteiger partial charge in [-0.3, -0.25) is 9.69 Å². The van der Waals surface area contributed by atoms with Gasteiger partial charge < -0.3 is 19.7 Å². The summed E-state index contributed by atoms with van der Waals surface area (Å²) in [4.78, 5) is 17.4. The highest BCUT2D eigenvalue weighted by Gasteiger charge is 2.26. The van der Waals surface area contributed by atoms with Gasteiger partial charge in [-0.1, -0.05) is 19.1 Å². The highest BCUT2D eigenvalue weighted by Crippen LogP contribution is 2.38. The van der Waals surface area contributed by atoms with Crippen LogP contribution in [0.3, 0.4) is 0 Å². The number of allylic oxidation sites excluding steroid dienone is 4. The van der Waals surface area contributed by atoms with E-state index in [0.717, 1.165) is 60.1 Å². The van der Waals surface area contributed by atoms with Gasteiger partial charge in [0.15, 0.2) is 11.5 Å². The topological polar surface area (TPSA) is 54.0 Å². The molecular formula is C24H27N3O3. The minimum absolute atomic E-state index is 0.0227. The second kappa shape index (κ2) is 7.69. The van der Waals surface area contributed by atoms with Crippen molar-refractivity contribution in [3.05, 3.63) is 65.7 Å². The third kappa shape index (κ3) is 3.52. The van der Waals surface area contributed by atoms with Gasteiger partial charge in [-0.15, -0.1) is 0 Å². The molecule has 1 amide bonds. The Bertz CT molecular complexity index is 991. The minimum atomic E-state index is -0.0227. The number of nitrogens with one attached hydrogen (secondary N) is 1. The monoisotopic (exact) mass is 405 g/mol. The maximum Gasteiger partial charge on any atom is 0.255 e. The SMILES string of the molecule is CC1CN(C2=CN3C(=O)C=C(c4ccc5c(c4)OCO5)C(C)CC=C3C=C2)CCN1. The first-order valence-corrected chi connectivity index (χ1v) is 10.6. The van der Waals surface area contributed by atoms with Crippen LogP contribution in [0, 0.1) is 5.92 Å². The lowest BCUT2D eigenvalue weighted by atomic mass is 9.89. The molecule has 4 aliphatic heterocycles. The predicted molar refractivity (Wildman–Crippen MR) is 116 cm³/mol. The molecule has 5 rings (SSSR count). The van der Waals surface area contributed by atoms with Gasteiger partial charge in [0.05, 0.1) is 5.70 Å². The number of carbonyl (C=O) groups is 1. The highest BCUT2D eigenvalue weighted by molar-refractivity contribution is 5.98. The number of carbonyl (C=O) groups excluding carboxylic acids is 1. The van der Waals surface area contributed by atoms with Crippen LogP contribution in [0.1, 0.15) is 25.8 Å². The van der Waals surface area contributed by atoms with Crippen LogP contribution in [0.15, 0.2) is 60.1 Å². The predicted octanol–water partition coefficient (Wildman–Crippen LogP) is 3.26. The zero-order valence-corrected chi connectivity index (χ0v) is 17.4. The van der Waals surface area contributed by atoms with E-state index in [9.17, 15) is 4.79 Å². The Hall–Kier alpha value is -2.99. The van der Waals surface area contributed by atoms with Crippen molar-refractivity contribution < 1.29 is 14.3 Å². The van der Waals surface area contributed by atoms with E-state index in [4.69, 9.17) is 9.47 Å². The molecule has 30 heavy (non-hydrogen) atoms. The zero-order valence-electron chi connectivity index (χ0n) is 17.4. The average Bonchev–Trinajstić information content (AvgIpc) is 3.22. The smallest absolute Gasteiger partial charge is 0.255 e. The second-order valence-corrected chi connectivity index (χ2v) is 8.33. The van der Waals surface area contributed by atoms with Crippen molar-refractivity contribution in [2.24, 2.45) is 5.92 Å². The number of fused-ring (bicyclic) bond motifs is 2. The molecule has 4 aliphatic rings. The molecule has 6 heteroatoms. The molecule has 1 saturated heterocycles. The fraction of sp³-hybridized carbons (Fsp3) is 0.375. The van der Waals surface area contributed by atoms with Crippen LogP contribution in [0.25, 0.3) is 5.57 Å². The molecule has 0 spiro atoms. The third-order valence-electron chi connectivity index (χ3n) is 6.13. The van der Waals surface area contributed by atoms with Crippen molar-refractivity contribution in [1.82, 2.24) is 15.1 Å². The number of hydrogen-bond acceptors (Lipinski definition) is 5. The van der Waals surface area contributed by atoms with Crippen LogP contribution in [0.2, 0.25) is 0 Å². The van der Waals surface area contributed by atoms with Gasteiger partial charge in [-0.25, -0.2) is 0 Å². The summed E-state index contributed by atoms with van der Waals surface area (Å²) in [5, 5.41) is 3.47. The van der Waals surface area contributed by atoms with Crippen molar-refractivity contribution in [3.63, 3.8) is 0 Å². The number of benzene rings is 1. The molecule has 2 unspecified atom stereocenters. The largest absolute Gasteiger partial charge is 0.454 e. The summed E-state index contributed by atoms with van der Waals surface area (Å²) in [7, 11) is 0. The second-order valence-electron chi connectivity index (χ2n) is 8.33. The van der Waals surface area contributed by atoms with E-state index in [0.29, 0.717) is 6.04 Å². The number of piperazine rings is 1. The number of amides is 1. The van der Waals surface area contributed by atoms with Crippen LogP contribution in [0.4, 0.5) is 0 Å². The first-order valence-electron chi connectivity index (χ1n) is 10.6. The maximum absolute atomic E-state index is 13.3. The highest BCUT2D eigenvalue weighted by atomic mass is 16.7. The molecule has 156 valence electrons. The Kier molecular flexibility index (Phi) is 4.87. The van der Waals surface area contributed by atoms with E-state index in [1.165, 1.54) is 0 Å². The summed E-state index contributed by atoms with van der Waals surface area (Å²) in [5.41, 5.74) is 4.05. The Morgan fingerprint density at radius 2 is 1.93 bits per heavy atom. The van der Waals surface area contributed by atoms with Gasteiger partial charge in [0.25, 0.3) is 5.91 Å². The van der Waals surface area contributed by atoms with Crippen LogP contribution in [-0.4, -0.2) is 48.2 Å². The average molecular weight is 405 g/mol. The molecule has 0 aromatic heterocycles. The Morgan fingerprint density at radius 1 is 1.10 bits per heavy atom. The van der Waals surface area contributed by atoms with E-state index < -0.39 is 0 Å². The number of hydrogen-bond donors (Lipinski definition) is 1. The summed E-state index contributed by atoms with van der Waals surface area (Å²) in [6.07, 6.45) is 11.0. The van der Waals surface area contributed by atoms with E-state index in [-0.39, 0.29) is 18.6 Å². The standard InChI is InChI=1S/C24H27N3O3/c1-16-3-5-19-6-7-20(26-10-9-25-17(2)13-26)14-27(19)24(28)12-21(16)18-4-8-22-23(11-18)30-15-29-22/h4-8,11-12,14,16-17,25H,3,9-10,13,15H2,1-2H3. The minimum Gasteiger partial charge on any atom is -0.454 e. The van der Waals surface area contributed by atoms with Gasteiger partial charge in [-0.2, -0.15) is 0 Å². The summed E-state index contributed by atoms with van der Waals surface area (Å²) in [6.45, 7) is 7.43. The molecule has 2 atom stereocenters. The summed E-state index contributed by atoms with van der Waals surface area (Å²) >= 11 is 0. The van der Waals surface area contributed by atoms with Crippen LogP contribution in [-0.2, 0) is 4.79 Å². The van der Waals surface area contributed by atoms with E-state index in [1.54, 1.807) is 11.0 Å². The summed E-state index contributed by atoms with van der Waals surface area (Å²) < 4.78 is 11.0. The lowest BCUT2D eigenvalue weighted by molar-refractivity contribution is -0.122. The van der Waals surface area contributed by atoms with Crippen LogP contribution < -0.4 is 14.8 Å². The fourth-order valence-corrected chi connectivity index (χ4v) is 4.43. The van der Waals surface area contributed by atoms with Crippen molar-refractivity contribution in [2.75, 3.05) is 26.4 Å². The molecule has 0 bridgehead atoms. The lowest BCUT2D eigenvalue weighted by Crippen LogP contribution is -2.48. The van der Waals surface area contributed by atoms with E-state index in [1.807, 2.05) is 24.4 Å². The third-order valence-corrected chi connectivity index (χ3v) is 6.13. The van der Waals surface area contributed by atoms with Gasteiger partial charge in [0.1, 0.15) is 0 Å². The number of nitrogens with zero attached hydrogens (tertiary/aromatic N) is 2. The van der Waals surface area contributed by atoms with Gasteiger partial charge in [0.2, 0.25) is 6.79 Å². The lowest BCUT2D eigenvalue weighted by Gasteiger charge is -2.36. The van der Waals surface area contributed by atoms with E-state index in [2.05, 4.69) is 42.3 Å². The Morgan fingerprint density at radius 3 is 2.80 bits per heavy atom. The quantitative estimate of drug-likeness (QED) is 0.819. The molecule has 1 N–H and O–H groups in total. The van der Waals surface area contributed by atoms with Crippen molar-refractivity contribution in [1.29, 1.82) is 0 Å². The first kappa shape index (κ1) is 19.0. The summed E-state index contributed by atoms with van der Waals surface area (Å²) in [6, 6.07) is 6.34. The number of ether oxygens (including phenoxy) is 2. The molecule has 0 radical (unpaired) electrons. The van der Waals surface area contributed by atoms with E-state index >= 15 is 0 Å². The van der Waals surface area contributed by atoms with Gasteiger partial charge in [0, 0.05) is 43.6 Å². The molecular weight excluding hydrogens is 378 g/mol. The molecule has 1 aromatic carbocycles. The van der Waals surface area contributed by atoms with Gasteiger partial charge in [-0.05, 0) is 54.7 Å². The zero-order chi connectivity index (χ0) is 20.7. The summed E-state index contributed by atoms with van der Waals surface area (Å²) in [5.74, 6) is 1.69.